The summed E-state index contributed by atoms with van der Waals surface area (Å²) in [5, 5.41) is 4.60. The standard InChI is InChI=1S/C23H25FN4O/c1-17-22(18(2)28(25-17)21-6-4-3-5-7-21)23(29)27-14-12-26(13-15-27)16-19-8-10-20(24)11-9-19/h3-11H,12-16H2,1-2H3. The maximum Gasteiger partial charge on any atom is 0.257 e. The Labute approximate surface area is 170 Å². The van der Waals surface area contributed by atoms with Gasteiger partial charge in [0.05, 0.1) is 22.6 Å². The zero-order valence-corrected chi connectivity index (χ0v) is 16.8. The molecule has 0 radical (unpaired) electrons. The van der Waals surface area contributed by atoms with Crippen LogP contribution in [0.4, 0.5) is 4.39 Å². The normalized spacial score (nSPS) is 14.9. The van der Waals surface area contributed by atoms with Gasteiger partial charge in [-0.3, -0.25) is 9.69 Å². The predicted octanol–water partition coefficient (Wildman–Crippen LogP) is 3.59. The second-order valence-corrected chi connectivity index (χ2v) is 7.49. The van der Waals surface area contributed by atoms with Crippen molar-refractivity contribution < 1.29 is 9.18 Å². The van der Waals surface area contributed by atoms with Gasteiger partial charge in [-0.05, 0) is 43.7 Å². The second kappa shape index (κ2) is 8.17. The van der Waals surface area contributed by atoms with Crippen LogP contribution in [-0.2, 0) is 6.54 Å². The van der Waals surface area contributed by atoms with Crippen LogP contribution >= 0.6 is 0 Å². The summed E-state index contributed by atoms with van der Waals surface area (Å²) < 4.78 is 14.9. The maximum atomic E-state index is 13.2. The van der Waals surface area contributed by atoms with E-state index in [-0.39, 0.29) is 11.7 Å². The first-order chi connectivity index (χ1) is 14.0. The topological polar surface area (TPSA) is 41.4 Å². The van der Waals surface area contributed by atoms with E-state index in [9.17, 15) is 9.18 Å². The average Bonchev–Trinajstić information content (AvgIpc) is 3.04. The van der Waals surface area contributed by atoms with Crippen LogP contribution in [0.1, 0.15) is 27.3 Å². The molecule has 5 nitrogen and oxygen atoms in total. The Morgan fingerprint density at radius 2 is 1.62 bits per heavy atom. The first-order valence-corrected chi connectivity index (χ1v) is 9.90. The van der Waals surface area contributed by atoms with Gasteiger partial charge < -0.3 is 4.90 Å². The molecule has 0 atom stereocenters. The number of halogens is 1. The Bertz CT molecular complexity index is 990. The van der Waals surface area contributed by atoms with E-state index in [1.54, 1.807) is 0 Å². The Balaban J connectivity index is 1.43. The van der Waals surface area contributed by atoms with Gasteiger partial charge in [-0.15, -0.1) is 0 Å². The van der Waals surface area contributed by atoms with E-state index in [1.165, 1.54) is 12.1 Å². The number of aryl methyl sites for hydroxylation is 1. The molecule has 2 aromatic carbocycles. The van der Waals surface area contributed by atoms with Gasteiger partial charge in [0.2, 0.25) is 0 Å². The van der Waals surface area contributed by atoms with Crippen molar-refractivity contribution in [3.63, 3.8) is 0 Å². The molecule has 1 aliphatic heterocycles. The lowest BCUT2D eigenvalue weighted by Gasteiger charge is -2.34. The molecule has 0 aliphatic carbocycles. The summed E-state index contributed by atoms with van der Waals surface area (Å²) >= 11 is 0. The van der Waals surface area contributed by atoms with E-state index < -0.39 is 0 Å². The van der Waals surface area contributed by atoms with Crippen LogP contribution in [0.15, 0.2) is 54.6 Å². The van der Waals surface area contributed by atoms with Gasteiger partial charge in [-0.25, -0.2) is 9.07 Å². The van der Waals surface area contributed by atoms with Crippen LogP contribution in [0, 0.1) is 19.7 Å². The summed E-state index contributed by atoms with van der Waals surface area (Å²) in [6.45, 7) is 7.56. The van der Waals surface area contributed by atoms with Crippen molar-refractivity contribution in [2.75, 3.05) is 26.2 Å². The minimum atomic E-state index is -0.217. The molecule has 1 aromatic heterocycles. The SMILES string of the molecule is Cc1nn(-c2ccccc2)c(C)c1C(=O)N1CCN(Cc2ccc(F)cc2)CC1. The molecule has 150 valence electrons. The Hall–Kier alpha value is -2.99. The predicted molar refractivity (Wildman–Crippen MR) is 111 cm³/mol. The third kappa shape index (κ3) is 4.07. The first-order valence-electron chi connectivity index (χ1n) is 9.90. The van der Waals surface area contributed by atoms with E-state index in [0.717, 1.165) is 42.3 Å². The zero-order valence-electron chi connectivity index (χ0n) is 16.8. The van der Waals surface area contributed by atoms with Crippen molar-refractivity contribution in [3.05, 3.63) is 82.9 Å². The van der Waals surface area contributed by atoms with Crippen molar-refractivity contribution in [2.45, 2.75) is 20.4 Å². The van der Waals surface area contributed by atoms with Crippen LogP contribution in [0.2, 0.25) is 0 Å². The molecule has 1 fully saturated rings. The number of rotatable bonds is 4. The maximum absolute atomic E-state index is 13.2. The van der Waals surface area contributed by atoms with Gasteiger partial charge in [0.25, 0.3) is 5.91 Å². The molecule has 0 bridgehead atoms. The van der Waals surface area contributed by atoms with Gasteiger partial charge in [0, 0.05) is 32.7 Å². The quantitative estimate of drug-likeness (QED) is 0.681. The molecule has 1 saturated heterocycles. The fourth-order valence-electron chi connectivity index (χ4n) is 3.89. The Kier molecular flexibility index (Phi) is 5.45. The van der Waals surface area contributed by atoms with Gasteiger partial charge in [-0.1, -0.05) is 30.3 Å². The van der Waals surface area contributed by atoms with Crippen LogP contribution in [0.5, 0.6) is 0 Å². The van der Waals surface area contributed by atoms with Gasteiger partial charge in [0.15, 0.2) is 0 Å². The van der Waals surface area contributed by atoms with E-state index in [0.29, 0.717) is 18.7 Å². The largest absolute Gasteiger partial charge is 0.336 e. The molecule has 0 spiro atoms. The number of carbonyl (C=O) groups excluding carboxylic acids is 1. The number of aromatic nitrogens is 2. The first kappa shape index (κ1) is 19.3. The lowest BCUT2D eigenvalue weighted by Crippen LogP contribution is -2.48. The van der Waals surface area contributed by atoms with Crippen LogP contribution in [0.3, 0.4) is 0 Å². The summed E-state index contributed by atoms with van der Waals surface area (Å²) in [5.74, 6) is -0.172. The minimum Gasteiger partial charge on any atom is -0.336 e. The van der Waals surface area contributed by atoms with E-state index in [2.05, 4.69) is 10.00 Å². The molecule has 0 unspecified atom stereocenters. The average molecular weight is 392 g/mol. The number of piperazine rings is 1. The number of hydrogen-bond donors (Lipinski definition) is 0. The summed E-state index contributed by atoms with van der Waals surface area (Å²) in [5.41, 5.74) is 4.36. The molecule has 6 heteroatoms. The summed E-state index contributed by atoms with van der Waals surface area (Å²) in [7, 11) is 0. The summed E-state index contributed by atoms with van der Waals surface area (Å²) in [6, 6.07) is 16.5. The van der Waals surface area contributed by atoms with Gasteiger partial charge >= 0.3 is 0 Å². The molecule has 0 N–H and O–H groups in total. The lowest BCUT2D eigenvalue weighted by atomic mass is 10.1. The minimum absolute atomic E-state index is 0.0450. The van der Waals surface area contributed by atoms with Crippen molar-refractivity contribution in [1.29, 1.82) is 0 Å². The van der Waals surface area contributed by atoms with Gasteiger partial charge in [0.1, 0.15) is 5.82 Å². The highest BCUT2D eigenvalue weighted by Gasteiger charge is 2.27. The molecule has 3 aromatic rings. The molecule has 1 aliphatic rings. The Morgan fingerprint density at radius 3 is 2.28 bits per heavy atom. The fraction of sp³-hybridized carbons (Fsp3) is 0.304. The number of nitrogens with zero attached hydrogens (tertiary/aromatic N) is 4. The lowest BCUT2D eigenvalue weighted by molar-refractivity contribution is 0.0627. The van der Waals surface area contributed by atoms with Crippen molar-refractivity contribution in [1.82, 2.24) is 19.6 Å². The molecular weight excluding hydrogens is 367 g/mol. The second-order valence-electron chi connectivity index (χ2n) is 7.49. The van der Waals surface area contributed by atoms with E-state index in [1.807, 2.05) is 65.9 Å². The number of amides is 1. The van der Waals surface area contributed by atoms with Crippen LogP contribution < -0.4 is 0 Å². The Morgan fingerprint density at radius 1 is 0.966 bits per heavy atom. The third-order valence-corrected chi connectivity index (χ3v) is 5.48. The summed E-state index contributed by atoms with van der Waals surface area (Å²) in [4.78, 5) is 17.4. The number of benzene rings is 2. The number of hydrogen-bond acceptors (Lipinski definition) is 3. The molecule has 29 heavy (non-hydrogen) atoms. The highest BCUT2D eigenvalue weighted by molar-refractivity contribution is 5.96. The van der Waals surface area contributed by atoms with Crippen molar-refractivity contribution in [3.8, 4) is 5.69 Å². The molecule has 0 saturated carbocycles. The van der Waals surface area contributed by atoms with Crippen LogP contribution in [0.25, 0.3) is 5.69 Å². The monoisotopic (exact) mass is 392 g/mol. The number of carbonyl (C=O) groups is 1. The van der Waals surface area contributed by atoms with E-state index >= 15 is 0 Å². The number of para-hydroxylation sites is 1. The highest BCUT2D eigenvalue weighted by Crippen LogP contribution is 2.20. The van der Waals surface area contributed by atoms with Gasteiger partial charge in [-0.2, -0.15) is 5.10 Å². The molecular formula is C23H25FN4O. The fourth-order valence-corrected chi connectivity index (χ4v) is 3.89. The summed E-state index contributed by atoms with van der Waals surface area (Å²) in [6.07, 6.45) is 0. The van der Waals surface area contributed by atoms with Crippen molar-refractivity contribution >= 4 is 5.91 Å². The van der Waals surface area contributed by atoms with Crippen molar-refractivity contribution in [2.24, 2.45) is 0 Å². The smallest absolute Gasteiger partial charge is 0.257 e. The van der Waals surface area contributed by atoms with E-state index in [4.69, 9.17) is 0 Å². The highest BCUT2D eigenvalue weighted by atomic mass is 19.1. The van der Waals surface area contributed by atoms with Crippen LogP contribution in [-0.4, -0.2) is 51.7 Å². The zero-order chi connectivity index (χ0) is 20.4. The molecule has 2 heterocycles. The molecule has 4 rings (SSSR count). The molecule has 1 amide bonds. The third-order valence-electron chi connectivity index (χ3n) is 5.48.